The molecule has 1 aromatic carbocycles. The van der Waals surface area contributed by atoms with Crippen LogP contribution in [0, 0.1) is 18.7 Å². The molecule has 0 aliphatic rings. The molecule has 0 aliphatic carbocycles. The molecule has 1 atom stereocenters. The summed E-state index contributed by atoms with van der Waals surface area (Å²) in [6.45, 7) is 6.14. The second-order valence-corrected chi connectivity index (χ2v) is 4.89. The molecule has 0 heterocycles. The minimum absolute atomic E-state index is 0.195. The lowest BCUT2D eigenvalue weighted by molar-refractivity contribution is 0.524. The van der Waals surface area contributed by atoms with Crippen LogP contribution in [0.2, 0.25) is 5.02 Å². The number of aryl methyl sites for hydroxylation is 1. The van der Waals surface area contributed by atoms with E-state index in [4.69, 9.17) is 17.3 Å². The number of nitrogens with two attached hydrogens (primary N) is 1. The van der Waals surface area contributed by atoms with Gasteiger partial charge in [-0.15, -0.1) is 0 Å². The van der Waals surface area contributed by atoms with Crippen LogP contribution in [0.4, 0.5) is 4.39 Å². The van der Waals surface area contributed by atoms with Gasteiger partial charge in [-0.2, -0.15) is 0 Å². The first-order valence-corrected chi connectivity index (χ1v) is 6.27. The molecular formula is C13H20ClFN2. The van der Waals surface area contributed by atoms with E-state index >= 15 is 0 Å². The minimum Gasteiger partial charge on any atom is -0.330 e. The maximum atomic E-state index is 13.4. The van der Waals surface area contributed by atoms with E-state index in [9.17, 15) is 4.39 Å². The number of hydrogen-bond acceptors (Lipinski definition) is 2. The highest BCUT2D eigenvalue weighted by Crippen LogP contribution is 2.20. The van der Waals surface area contributed by atoms with Crippen molar-refractivity contribution in [1.29, 1.82) is 0 Å². The first-order chi connectivity index (χ1) is 8.04. The van der Waals surface area contributed by atoms with Crippen LogP contribution in [0.1, 0.15) is 18.1 Å². The van der Waals surface area contributed by atoms with E-state index in [-0.39, 0.29) is 5.82 Å². The lowest BCUT2D eigenvalue weighted by Gasteiger charge is -2.11. The standard InChI is InChI=1S/C13H20ClFN2/c1-9(7-16)8-17-4-3-11-6-13(15)10(2)5-12(11)14/h5-6,9,17H,3-4,7-8,16H2,1-2H3. The fraction of sp³-hybridized carbons (Fsp3) is 0.538. The minimum atomic E-state index is -0.195. The molecule has 0 saturated heterocycles. The molecule has 96 valence electrons. The van der Waals surface area contributed by atoms with Gasteiger partial charge in [0.15, 0.2) is 0 Å². The molecule has 0 bridgehead atoms. The van der Waals surface area contributed by atoms with Crippen molar-refractivity contribution in [2.24, 2.45) is 11.7 Å². The fourth-order valence-electron chi connectivity index (χ4n) is 1.53. The van der Waals surface area contributed by atoms with Crippen LogP contribution < -0.4 is 11.1 Å². The highest BCUT2D eigenvalue weighted by atomic mass is 35.5. The van der Waals surface area contributed by atoms with E-state index in [0.29, 0.717) is 23.0 Å². The third-order valence-electron chi connectivity index (χ3n) is 2.79. The Morgan fingerprint density at radius 1 is 1.47 bits per heavy atom. The summed E-state index contributed by atoms with van der Waals surface area (Å²) in [5.74, 6) is 0.264. The molecule has 0 fully saturated rings. The zero-order valence-corrected chi connectivity index (χ0v) is 11.1. The molecule has 0 aromatic heterocycles. The van der Waals surface area contributed by atoms with Gasteiger partial charge in [-0.3, -0.25) is 0 Å². The monoisotopic (exact) mass is 258 g/mol. The second kappa shape index (κ2) is 6.94. The van der Waals surface area contributed by atoms with Crippen LogP contribution in [-0.4, -0.2) is 19.6 Å². The lowest BCUT2D eigenvalue weighted by Crippen LogP contribution is -2.27. The van der Waals surface area contributed by atoms with E-state index in [0.717, 1.165) is 25.1 Å². The van der Waals surface area contributed by atoms with Gasteiger partial charge >= 0.3 is 0 Å². The van der Waals surface area contributed by atoms with E-state index in [2.05, 4.69) is 12.2 Å². The van der Waals surface area contributed by atoms with Gasteiger partial charge in [0.25, 0.3) is 0 Å². The van der Waals surface area contributed by atoms with Crippen molar-refractivity contribution in [3.05, 3.63) is 34.1 Å². The van der Waals surface area contributed by atoms with Gasteiger partial charge < -0.3 is 11.1 Å². The third kappa shape index (κ3) is 4.62. The van der Waals surface area contributed by atoms with Crippen LogP contribution in [0.5, 0.6) is 0 Å². The molecule has 1 aromatic rings. The molecule has 2 nitrogen and oxygen atoms in total. The van der Waals surface area contributed by atoms with Crippen molar-refractivity contribution in [2.45, 2.75) is 20.3 Å². The zero-order valence-electron chi connectivity index (χ0n) is 10.4. The summed E-state index contributed by atoms with van der Waals surface area (Å²) >= 11 is 6.06. The quantitative estimate of drug-likeness (QED) is 0.770. The number of nitrogens with one attached hydrogen (secondary N) is 1. The Morgan fingerprint density at radius 3 is 2.82 bits per heavy atom. The van der Waals surface area contributed by atoms with E-state index in [1.165, 1.54) is 6.07 Å². The van der Waals surface area contributed by atoms with Crippen molar-refractivity contribution >= 4 is 11.6 Å². The topological polar surface area (TPSA) is 38.0 Å². The Morgan fingerprint density at radius 2 is 2.18 bits per heavy atom. The molecule has 0 amide bonds. The van der Waals surface area contributed by atoms with Crippen LogP contribution >= 0.6 is 11.6 Å². The summed E-state index contributed by atoms with van der Waals surface area (Å²) in [4.78, 5) is 0. The van der Waals surface area contributed by atoms with Crippen molar-refractivity contribution in [2.75, 3.05) is 19.6 Å². The van der Waals surface area contributed by atoms with Gasteiger partial charge in [0, 0.05) is 5.02 Å². The summed E-state index contributed by atoms with van der Waals surface area (Å²) in [5, 5.41) is 3.92. The summed E-state index contributed by atoms with van der Waals surface area (Å²) in [6.07, 6.45) is 0.729. The summed E-state index contributed by atoms with van der Waals surface area (Å²) in [5.41, 5.74) is 6.95. The second-order valence-electron chi connectivity index (χ2n) is 4.49. The molecule has 0 aliphatic heterocycles. The summed E-state index contributed by atoms with van der Waals surface area (Å²) < 4.78 is 13.4. The summed E-state index contributed by atoms with van der Waals surface area (Å²) in [7, 11) is 0. The first kappa shape index (κ1) is 14.4. The summed E-state index contributed by atoms with van der Waals surface area (Å²) in [6, 6.07) is 3.19. The molecule has 0 radical (unpaired) electrons. The van der Waals surface area contributed by atoms with Crippen molar-refractivity contribution < 1.29 is 4.39 Å². The Labute approximate surface area is 107 Å². The van der Waals surface area contributed by atoms with Crippen molar-refractivity contribution in [3.63, 3.8) is 0 Å². The average molecular weight is 259 g/mol. The molecule has 3 N–H and O–H groups in total. The van der Waals surface area contributed by atoms with Crippen LogP contribution in [0.15, 0.2) is 12.1 Å². The Balaban J connectivity index is 2.44. The van der Waals surface area contributed by atoms with E-state index in [1.54, 1.807) is 13.0 Å². The van der Waals surface area contributed by atoms with E-state index in [1.807, 2.05) is 0 Å². The lowest BCUT2D eigenvalue weighted by atomic mass is 10.1. The normalized spacial score (nSPS) is 12.8. The number of halogens is 2. The van der Waals surface area contributed by atoms with Gasteiger partial charge in [0.2, 0.25) is 0 Å². The SMILES string of the molecule is Cc1cc(Cl)c(CCNCC(C)CN)cc1F. The smallest absolute Gasteiger partial charge is 0.126 e. The van der Waals surface area contributed by atoms with Crippen LogP contribution in [0.25, 0.3) is 0 Å². The first-order valence-electron chi connectivity index (χ1n) is 5.90. The molecular weight excluding hydrogens is 239 g/mol. The predicted molar refractivity (Wildman–Crippen MR) is 70.9 cm³/mol. The maximum absolute atomic E-state index is 13.4. The predicted octanol–water partition coefficient (Wildman–Crippen LogP) is 2.51. The highest BCUT2D eigenvalue weighted by molar-refractivity contribution is 6.31. The fourth-order valence-corrected chi connectivity index (χ4v) is 1.85. The highest BCUT2D eigenvalue weighted by Gasteiger charge is 2.05. The zero-order chi connectivity index (χ0) is 12.8. The van der Waals surface area contributed by atoms with Crippen LogP contribution in [-0.2, 0) is 6.42 Å². The van der Waals surface area contributed by atoms with Gasteiger partial charge in [0.05, 0.1) is 0 Å². The maximum Gasteiger partial charge on any atom is 0.126 e. The van der Waals surface area contributed by atoms with Crippen molar-refractivity contribution in [1.82, 2.24) is 5.32 Å². The molecule has 17 heavy (non-hydrogen) atoms. The van der Waals surface area contributed by atoms with Crippen LogP contribution in [0.3, 0.4) is 0 Å². The number of hydrogen-bond donors (Lipinski definition) is 2. The molecule has 0 spiro atoms. The number of benzene rings is 1. The van der Waals surface area contributed by atoms with Gasteiger partial charge in [-0.25, -0.2) is 4.39 Å². The van der Waals surface area contributed by atoms with Gasteiger partial charge in [-0.05, 0) is 62.2 Å². The molecule has 1 unspecified atom stereocenters. The Bertz CT molecular complexity index is 369. The number of rotatable bonds is 6. The third-order valence-corrected chi connectivity index (χ3v) is 3.15. The largest absolute Gasteiger partial charge is 0.330 e. The van der Waals surface area contributed by atoms with Crippen molar-refractivity contribution in [3.8, 4) is 0 Å². The average Bonchev–Trinajstić information content (AvgIpc) is 2.30. The Hall–Kier alpha value is -0.640. The van der Waals surface area contributed by atoms with Gasteiger partial charge in [-0.1, -0.05) is 18.5 Å². The Kier molecular flexibility index (Phi) is 5.89. The van der Waals surface area contributed by atoms with Gasteiger partial charge in [0.1, 0.15) is 5.82 Å². The molecule has 1 rings (SSSR count). The molecule has 0 saturated carbocycles. The van der Waals surface area contributed by atoms with E-state index < -0.39 is 0 Å². The molecule has 4 heteroatoms.